The van der Waals surface area contributed by atoms with Crippen LogP contribution in [0.3, 0.4) is 0 Å². The lowest BCUT2D eigenvalue weighted by Crippen LogP contribution is -2.06. The molecule has 128 valence electrons. The molecular weight excluding hydrogens is 328 g/mol. The van der Waals surface area contributed by atoms with E-state index in [1.54, 1.807) is 18.2 Å². The summed E-state index contributed by atoms with van der Waals surface area (Å²) in [6, 6.07) is 10.7. The summed E-state index contributed by atoms with van der Waals surface area (Å²) in [5.74, 6) is -3.62. The number of hydrogen-bond donors (Lipinski definition) is 1. The van der Waals surface area contributed by atoms with Gasteiger partial charge in [0.1, 0.15) is 6.26 Å². The maximum absolute atomic E-state index is 13.3. The van der Waals surface area contributed by atoms with Crippen molar-refractivity contribution in [2.75, 3.05) is 0 Å². The fourth-order valence-corrected chi connectivity index (χ4v) is 2.55. The van der Waals surface area contributed by atoms with E-state index in [0.29, 0.717) is 17.9 Å². The number of aromatic carboxylic acids is 1. The molecule has 0 unspecified atom stereocenters. The summed E-state index contributed by atoms with van der Waals surface area (Å²) in [6.07, 6.45) is 3.32. The molecule has 0 amide bonds. The molecule has 4 nitrogen and oxygen atoms in total. The van der Waals surface area contributed by atoms with E-state index in [1.165, 1.54) is 36.7 Å². The Kier molecular flexibility index (Phi) is 4.35. The van der Waals surface area contributed by atoms with Crippen LogP contribution in [0.4, 0.5) is 8.78 Å². The van der Waals surface area contributed by atoms with Gasteiger partial charge < -0.3 is 9.52 Å². The Bertz CT molecular complexity index is 882. The summed E-state index contributed by atoms with van der Waals surface area (Å²) in [7, 11) is 0. The first kappa shape index (κ1) is 16.8. The summed E-state index contributed by atoms with van der Waals surface area (Å²) in [4.78, 5) is 15.3. The predicted molar refractivity (Wildman–Crippen MR) is 87.7 cm³/mol. The first-order valence-corrected chi connectivity index (χ1v) is 7.58. The number of aromatic nitrogens is 1. The highest BCUT2D eigenvalue weighted by Crippen LogP contribution is 2.29. The molecule has 2 aromatic carbocycles. The van der Waals surface area contributed by atoms with Crippen LogP contribution in [-0.2, 0) is 12.3 Å². The van der Waals surface area contributed by atoms with Crippen LogP contribution in [0.5, 0.6) is 0 Å². The molecule has 0 aliphatic carbocycles. The van der Waals surface area contributed by atoms with Crippen LogP contribution < -0.4 is 0 Å². The molecule has 3 rings (SSSR count). The largest absolute Gasteiger partial charge is 0.478 e. The number of benzene rings is 2. The molecule has 0 radical (unpaired) electrons. The minimum Gasteiger partial charge on any atom is -0.478 e. The summed E-state index contributed by atoms with van der Waals surface area (Å²) in [6.45, 7) is 0.854. The van der Waals surface area contributed by atoms with Crippen LogP contribution in [0.15, 0.2) is 59.3 Å². The standard InChI is InChI=1S/C19H15F2NO3/c1-19(20,21)15-6-2-12(3-7-15)10-13-4-5-14(18(23)24)11-16(13)17-22-8-9-25-17/h2-9,11H,10H2,1H3,(H,23,24). The molecule has 0 fully saturated rings. The maximum Gasteiger partial charge on any atom is 0.335 e. The third kappa shape index (κ3) is 3.74. The van der Waals surface area contributed by atoms with E-state index in [-0.39, 0.29) is 11.1 Å². The van der Waals surface area contributed by atoms with Crippen LogP contribution >= 0.6 is 0 Å². The molecular formula is C19H15F2NO3. The van der Waals surface area contributed by atoms with Crippen molar-refractivity contribution in [3.05, 3.63) is 77.2 Å². The van der Waals surface area contributed by atoms with Crippen molar-refractivity contribution < 1.29 is 23.1 Å². The van der Waals surface area contributed by atoms with Crippen molar-refractivity contribution in [3.8, 4) is 11.5 Å². The minimum absolute atomic E-state index is 0.0506. The Labute approximate surface area is 142 Å². The van der Waals surface area contributed by atoms with Crippen LogP contribution in [0.25, 0.3) is 11.5 Å². The number of carboxylic acids is 1. The highest BCUT2D eigenvalue weighted by atomic mass is 19.3. The first-order valence-electron chi connectivity index (χ1n) is 7.58. The Morgan fingerprint density at radius 1 is 1.20 bits per heavy atom. The lowest BCUT2D eigenvalue weighted by molar-refractivity contribution is 0.0174. The Morgan fingerprint density at radius 3 is 2.48 bits per heavy atom. The Balaban J connectivity index is 1.96. The zero-order valence-electron chi connectivity index (χ0n) is 13.4. The third-order valence-corrected chi connectivity index (χ3v) is 3.87. The lowest BCUT2D eigenvalue weighted by Gasteiger charge is -2.12. The minimum atomic E-state index is -2.88. The second-order valence-corrected chi connectivity index (χ2v) is 5.78. The van der Waals surface area contributed by atoms with Gasteiger partial charge in [0, 0.05) is 18.1 Å². The molecule has 0 bridgehead atoms. The van der Waals surface area contributed by atoms with Crippen molar-refractivity contribution in [2.24, 2.45) is 0 Å². The monoisotopic (exact) mass is 343 g/mol. The van der Waals surface area contributed by atoms with Crippen molar-refractivity contribution in [1.29, 1.82) is 0 Å². The van der Waals surface area contributed by atoms with Crippen molar-refractivity contribution >= 4 is 5.97 Å². The zero-order chi connectivity index (χ0) is 18.0. The molecule has 6 heteroatoms. The second kappa shape index (κ2) is 6.47. The van der Waals surface area contributed by atoms with E-state index in [1.807, 2.05) is 0 Å². The molecule has 0 atom stereocenters. The van der Waals surface area contributed by atoms with Crippen molar-refractivity contribution in [1.82, 2.24) is 4.98 Å². The van der Waals surface area contributed by atoms with Gasteiger partial charge in [0.25, 0.3) is 5.92 Å². The van der Waals surface area contributed by atoms with Crippen LogP contribution in [0.1, 0.15) is 34.0 Å². The fraction of sp³-hybridized carbons (Fsp3) is 0.158. The van der Waals surface area contributed by atoms with E-state index in [4.69, 9.17) is 4.42 Å². The Hall–Kier alpha value is -3.02. The normalized spacial score (nSPS) is 11.5. The molecule has 25 heavy (non-hydrogen) atoms. The van der Waals surface area contributed by atoms with E-state index in [0.717, 1.165) is 18.1 Å². The van der Waals surface area contributed by atoms with Gasteiger partial charge in [-0.3, -0.25) is 0 Å². The molecule has 0 aliphatic heterocycles. The van der Waals surface area contributed by atoms with Crippen LogP contribution in [0.2, 0.25) is 0 Å². The highest BCUT2D eigenvalue weighted by Gasteiger charge is 2.23. The summed E-state index contributed by atoms with van der Waals surface area (Å²) >= 11 is 0. The van der Waals surface area contributed by atoms with Crippen molar-refractivity contribution in [3.63, 3.8) is 0 Å². The summed E-state index contributed by atoms with van der Waals surface area (Å²) < 4.78 is 31.9. The first-order chi connectivity index (χ1) is 11.8. The van der Waals surface area contributed by atoms with E-state index >= 15 is 0 Å². The van der Waals surface area contributed by atoms with E-state index in [2.05, 4.69) is 4.98 Å². The molecule has 1 N–H and O–H groups in total. The molecule has 1 aromatic heterocycles. The third-order valence-electron chi connectivity index (χ3n) is 3.87. The number of hydrogen-bond acceptors (Lipinski definition) is 3. The Morgan fingerprint density at radius 2 is 1.92 bits per heavy atom. The number of rotatable bonds is 5. The molecule has 0 aliphatic rings. The van der Waals surface area contributed by atoms with Gasteiger partial charge in [0.05, 0.1) is 11.8 Å². The second-order valence-electron chi connectivity index (χ2n) is 5.78. The van der Waals surface area contributed by atoms with Gasteiger partial charge in [-0.1, -0.05) is 30.3 Å². The van der Waals surface area contributed by atoms with Crippen molar-refractivity contribution in [2.45, 2.75) is 19.3 Å². The smallest absolute Gasteiger partial charge is 0.335 e. The summed E-state index contributed by atoms with van der Waals surface area (Å²) in [5.41, 5.74) is 2.26. The molecule has 1 heterocycles. The van der Waals surface area contributed by atoms with Gasteiger partial charge in [-0.05, 0) is 29.7 Å². The topological polar surface area (TPSA) is 63.3 Å². The molecule has 0 saturated heterocycles. The lowest BCUT2D eigenvalue weighted by atomic mass is 9.96. The van der Waals surface area contributed by atoms with E-state index < -0.39 is 11.9 Å². The average Bonchev–Trinajstić information content (AvgIpc) is 3.09. The van der Waals surface area contributed by atoms with Crippen LogP contribution in [0, 0.1) is 0 Å². The summed E-state index contributed by atoms with van der Waals surface area (Å²) in [5, 5.41) is 9.17. The van der Waals surface area contributed by atoms with Gasteiger partial charge in [0.2, 0.25) is 5.89 Å². The van der Waals surface area contributed by atoms with Crippen LogP contribution in [-0.4, -0.2) is 16.1 Å². The number of oxazole rings is 1. The van der Waals surface area contributed by atoms with Gasteiger partial charge in [-0.15, -0.1) is 0 Å². The number of carbonyl (C=O) groups is 1. The number of carboxylic acid groups (broad SMARTS) is 1. The maximum atomic E-state index is 13.3. The van der Waals surface area contributed by atoms with E-state index in [9.17, 15) is 18.7 Å². The van der Waals surface area contributed by atoms with Gasteiger partial charge in [-0.25, -0.2) is 18.6 Å². The SMILES string of the molecule is CC(F)(F)c1ccc(Cc2ccc(C(=O)O)cc2-c2ncco2)cc1. The zero-order valence-corrected chi connectivity index (χ0v) is 13.4. The van der Waals surface area contributed by atoms with Gasteiger partial charge in [-0.2, -0.15) is 0 Å². The average molecular weight is 343 g/mol. The quantitative estimate of drug-likeness (QED) is 0.727. The van der Waals surface area contributed by atoms with Gasteiger partial charge >= 0.3 is 5.97 Å². The number of nitrogens with zero attached hydrogens (tertiary/aromatic N) is 1. The molecule has 0 saturated carbocycles. The molecule has 3 aromatic rings. The van der Waals surface area contributed by atoms with Gasteiger partial charge in [0.15, 0.2) is 0 Å². The predicted octanol–water partition coefficient (Wildman–Crippen LogP) is 4.74. The number of alkyl halides is 2. The number of halogens is 2. The highest BCUT2D eigenvalue weighted by molar-refractivity contribution is 5.89. The molecule has 0 spiro atoms. The fourth-order valence-electron chi connectivity index (χ4n) is 2.55.